The molecule has 0 aliphatic heterocycles. The number of aromatic nitrogens is 3. The highest BCUT2D eigenvalue weighted by molar-refractivity contribution is 5.85. The van der Waals surface area contributed by atoms with Gasteiger partial charge in [-0.2, -0.15) is 4.98 Å². The molecular formula is C19H26Cl2N6. The second-order valence-corrected chi connectivity index (χ2v) is 6.89. The van der Waals surface area contributed by atoms with Gasteiger partial charge in [0.05, 0.1) is 5.69 Å². The third-order valence-electron chi connectivity index (χ3n) is 5.02. The minimum absolute atomic E-state index is 0. The molecule has 6 nitrogen and oxygen atoms in total. The van der Waals surface area contributed by atoms with Gasteiger partial charge in [-0.3, -0.25) is 0 Å². The molecule has 0 unspecified atom stereocenters. The van der Waals surface area contributed by atoms with Crippen LogP contribution in [-0.4, -0.2) is 27.1 Å². The molecule has 8 heteroatoms. The van der Waals surface area contributed by atoms with Crippen LogP contribution in [0, 0.1) is 6.92 Å². The van der Waals surface area contributed by atoms with Crippen molar-refractivity contribution in [1.29, 1.82) is 0 Å². The van der Waals surface area contributed by atoms with Crippen LogP contribution < -0.4 is 16.8 Å². The zero-order valence-electron chi connectivity index (χ0n) is 15.3. The van der Waals surface area contributed by atoms with Crippen LogP contribution in [0.5, 0.6) is 0 Å². The van der Waals surface area contributed by atoms with Crippen molar-refractivity contribution in [3.8, 4) is 0 Å². The number of nitrogens with one attached hydrogen (secondary N) is 1. The van der Waals surface area contributed by atoms with Gasteiger partial charge in [0.2, 0.25) is 5.95 Å². The van der Waals surface area contributed by atoms with Crippen LogP contribution in [0.3, 0.4) is 0 Å². The van der Waals surface area contributed by atoms with E-state index in [2.05, 4.69) is 57.1 Å². The number of benzene rings is 1. The van der Waals surface area contributed by atoms with Crippen molar-refractivity contribution >= 4 is 47.5 Å². The van der Waals surface area contributed by atoms with E-state index in [-0.39, 0.29) is 24.8 Å². The Labute approximate surface area is 171 Å². The molecule has 0 atom stereocenters. The lowest BCUT2D eigenvalue weighted by molar-refractivity contribution is 0.345. The van der Waals surface area contributed by atoms with Crippen LogP contribution in [0.2, 0.25) is 0 Å². The Morgan fingerprint density at radius 2 is 1.89 bits per heavy atom. The Balaban J connectivity index is 0.00000131. The summed E-state index contributed by atoms with van der Waals surface area (Å²) in [6, 6.07) is 13.0. The Hall–Kier alpha value is -2.02. The van der Waals surface area contributed by atoms with Gasteiger partial charge in [-0.05, 0) is 37.3 Å². The lowest BCUT2D eigenvalue weighted by atomic mass is 9.78. The molecule has 3 aromatic rings. The molecule has 27 heavy (non-hydrogen) atoms. The maximum Gasteiger partial charge on any atom is 0.222 e. The van der Waals surface area contributed by atoms with E-state index < -0.39 is 0 Å². The summed E-state index contributed by atoms with van der Waals surface area (Å²) in [4.78, 5) is 8.68. The molecule has 1 aliphatic carbocycles. The fraction of sp³-hybridized carbons (Fsp3) is 0.368. The molecule has 1 fully saturated rings. The molecule has 1 saturated carbocycles. The third-order valence-corrected chi connectivity index (χ3v) is 5.02. The number of rotatable bonds is 5. The Bertz CT molecular complexity index is 904. The number of hydrogen-bond donors (Lipinski definition) is 3. The molecule has 1 aliphatic rings. The number of halogens is 2. The first-order valence-electron chi connectivity index (χ1n) is 8.79. The number of nitrogens with two attached hydrogens (primary N) is 2. The van der Waals surface area contributed by atoms with Gasteiger partial charge >= 0.3 is 0 Å². The summed E-state index contributed by atoms with van der Waals surface area (Å²) in [5, 5.41) is 4.66. The number of para-hydroxylation sites is 1. The number of anilines is 2. The van der Waals surface area contributed by atoms with Crippen LogP contribution in [0.15, 0.2) is 36.4 Å². The van der Waals surface area contributed by atoms with E-state index in [1.165, 1.54) is 16.6 Å². The molecule has 146 valence electrons. The minimum Gasteiger partial charge on any atom is -0.368 e. The summed E-state index contributed by atoms with van der Waals surface area (Å²) in [6.07, 6.45) is 1.95. The van der Waals surface area contributed by atoms with Crippen molar-refractivity contribution in [2.45, 2.75) is 38.3 Å². The number of nitrogens with zero attached hydrogens (tertiary/aromatic N) is 3. The molecule has 0 saturated heterocycles. The molecule has 0 bridgehead atoms. The molecule has 1 aromatic carbocycles. The van der Waals surface area contributed by atoms with Crippen molar-refractivity contribution < 1.29 is 0 Å². The van der Waals surface area contributed by atoms with Crippen molar-refractivity contribution in [3.05, 3.63) is 47.8 Å². The van der Waals surface area contributed by atoms with Gasteiger partial charge in [-0.15, -0.1) is 24.8 Å². The average Bonchev–Trinajstić information content (AvgIpc) is 2.87. The van der Waals surface area contributed by atoms with Gasteiger partial charge in [0, 0.05) is 42.3 Å². The van der Waals surface area contributed by atoms with Crippen LogP contribution in [-0.2, 0) is 6.54 Å². The van der Waals surface area contributed by atoms with Gasteiger partial charge in [0.1, 0.15) is 5.82 Å². The molecule has 5 N–H and O–H groups in total. The predicted octanol–water partition coefficient (Wildman–Crippen LogP) is 3.48. The van der Waals surface area contributed by atoms with Crippen LogP contribution >= 0.6 is 24.8 Å². The monoisotopic (exact) mass is 408 g/mol. The van der Waals surface area contributed by atoms with E-state index in [0.29, 0.717) is 17.9 Å². The SMILES string of the molecule is Cc1cc2ccccc2n1CCNc1cc(C2CC(N)C2)nc(N)n1.Cl.Cl. The van der Waals surface area contributed by atoms with Gasteiger partial charge < -0.3 is 21.4 Å². The van der Waals surface area contributed by atoms with Gasteiger partial charge in [-0.1, -0.05) is 18.2 Å². The Morgan fingerprint density at radius 3 is 2.63 bits per heavy atom. The number of hydrogen-bond acceptors (Lipinski definition) is 5. The topological polar surface area (TPSA) is 94.8 Å². The number of nitrogen functional groups attached to an aromatic ring is 1. The quantitative estimate of drug-likeness (QED) is 0.600. The first kappa shape index (κ1) is 21.3. The summed E-state index contributed by atoms with van der Waals surface area (Å²) in [7, 11) is 0. The highest BCUT2D eigenvalue weighted by Gasteiger charge is 2.29. The molecule has 0 amide bonds. The summed E-state index contributed by atoms with van der Waals surface area (Å²) < 4.78 is 2.32. The maximum atomic E-state index is 5.88. The lowest BCUT2D eigenvalue weighted by Gasteiger charge is -2.32. The zero-order chi connectivity index (χ0) is 17.4. The van der Waals surface area contributed by atoms with E-state index in [0.717, 1.165) is 37.4 Å². The van der Waals surface area contributed by atoms with E-state index in [9.17, 15) is 0 Å². The van der Waals surface area contributed by atoms with Gasteiger partial charge in [0.25, 0.3) is 0 Å². The van der Waals surface area contributed by atoms with E-state index >= 15 is 0 Å². The third kappa shape index (κ3) is 4.46. The largest absolute Gasteiger partial charge is 0.368 e. The van der Waals surface area contributed by atoms with E-state index in [4.69, 9.17) is 11.5 Å². The molecule has 2 aromatic heterocycles. The van der Waals surface area contributed by atoms with Gasteiger partial charge in [0.15, 0.2) is 0 Å². The second-order valence-electron chi connectivity index (χ2n) is 6.89. The van der Waals surface area contributed by atoms with Crippen molar-refractivity contribution in [3.63, 3.8) is 0 Å². The fourth-order valence-electron chi connectivity index (χ4n) is 3.63. The maximum absolute atomic E-state index is 5.88. The standard InChI is InChI=1S/C19H24N6.2ClH/c1-12-8-13-4-2-3-5-17(13)25(12)7-6-22-18-11-16(23-19(21)24-18)14-9-15(20)10-14;;/h2-5,8,11,14-15H,6-7,9-10,20H2,1H3,(H3,21,22,23,24);2*1H. The Kier molecular flexibility index (Phi) is 6.92. The molecule has 0 radical (unpaired) electrons. The summed E-state index contributed by atoms with van der Waals surface area (Å²) >= 11 is 0. The van der Waals surface area contributed by atoms with Gasteiger partial charge in [-0.25, -0.2) is 4.98 Å². The molecule has 2 heterocycles. The van der Waals surface area contributed by atoms with Crippen molar-refractivity contribution in [2.24, 2.45) is 5.73 Å². The van der Waals surface area contributed by atoms with Crippen LogP contribution in [0.25, 0.3) is 10.9 Å². The number of fused-ring (bicyclic) bond motifs is 1. The summed E-state index contributed by atoms with van der Waals surface area (Å²) in [5.41, 5.74) is 15.3. The summed E-state index contributed by atoms with van der Waals surface area (Å²) in [6.45, 7) is 3.78. The fourth-order valence-corrected chi connectivity index (χ4v) is 3.63. The van der Waals surface area contributed by atoms with Crippen LogP contribution in [0.4, 0.5) is 11.8 Å². The molecular weight excluding hydrogens is 383 g/mol. The zero-order valence-corrected chi connectivity index (χ0v) is 16.9. The first-order valence-corrected chi connectivity index (χ1v) is 8.79. The Morgan fingerprint density at radius 1 is 1.15 bits per heavy atom. The molecule has 4 rings (SSSR count). The second kappa shape index (κ2) is 8.78. The normalized spacial score (nSPS) is 18.3. The highest BCUT2D eigenvalue weighted by Crippen LogP contribution is 2.35. The first-order chi connectivity index (χ1) is 12.1. The minimum atomic E-state index is 0. The summed E-state index contributed by atoms with van der Waals surface area (Å²) in [5.74, 6) is 1.52. The highest BCUT2D eigenvalue weighted by atomic mass is 35.5. The smallest absolute Gasteiger partial charge is 0.222 e. The van der Waals surface area contributed by atoms with E-state index in [1.807, 2.05) is 6.07 Å². The number of aryl methyl sites for hydroxylation is 1. The van der Waals surface area contributed by atoms with Crippen molar-refractivity contribution in [2.75, 3.05) is 17.6 Å². The van der Waals surface area contributed by atoms with E-state index in [1.54, 1.807) is 0 Å². The lowest BCUT2D eigenvalue weighted by Crippen LogP contribution is -2.35. The average molecular weight is 409 g/mol. The van der Waals surface area contributed by atoms with Crippen LogP contribution in [0.1, 0.15) is 30.1 Å². The van der Waals surface area contributed by atoms with Crippen molar-refractivity contribution in [1.82, 2.24) is 14.5 Å². The molecule has 0 spiro atoms. The predicted molar refractivity (Wildman–Crippen MR) is 116 cm³/mol.